The number of hydrogen-bond donors (Lipinski definition) is 1. The first kappa shape index (κ1) is 15.9. The number of amidine groups is 1. The first-order valence-electron chi connectivity index (χ1n) is 3.58. The second-order valence-corrected chi connectivity index (χ2v) is 2.81. The van der Waals surface area contributed by atoms with Crippen LogP contribution in [0.5, 0.6) is 0 Å². The first-order valence-corrected chi connectivity index (χ1v) is 4.81. The van der Waals surface area contributed by atoms with Gasteiger partial charge in [-0.25, -0.2) is 0 Å². The summed E-state index contributed by atoms with van der Waals surface area (Å²) in [5, 5.41) is 3.97. The van der Waals surface area contributed by atoms with Gasteiger partial charge in [0.2, 0.25) is 0 Å². The molecule has 13 heavy (non-hydrogen) atoms. The maximum Gasteiger partial charge on any atom is 0.174 e. The van der Waals surface area contributed by atoms with Crippen molar-refractivity contribution in [1.29, 1.82) is 0 Å². The van der Waals surface area contributed by atoms with Crippen molar-refractivity contribution in [2.24, 2.45) is 4.99 Å². The molecule has 0 fully saturated rings. The van der Waals surface area contributed by atoms with Gasteiger partial charge in [-0.2, -0.15) is 0 Å². The van der Waals surface area contributed by atoms with E-state index >= 15 is 0 Å². The molecule has 0 atom stereocenters. The van der Waals surface area contributed by atoms with Gasteiger partial charge in [-0.15, -0.1) is 24.0 Å². The van der Waals surface area contributed by atoms with Gasteiger partial charge in [0.05, 0.1) is 6.54 Å². The predicted octanol–water partition coefficient (Wildman–Crippen LogP) is 1.16. The second-order valence-electron chi connectivity index (χ2n) is 2.01. The number of thioether (sulfide) groups is 1. The number of nitrogens with one attached hydrogen (secondary N) is 1. The molecule has 0 saturated carbocycles. The molecule has 0 rings (SSSR count). The van der Waals surface area contributed by atoms with Gasteiger partial charge in [0.15, 0.2) is 11.5 Å². The minimum absolute atomic E-state index is 0. The molecule has 6 heteroatoms. The molecule has 0 radical (unpaired) electrons. The molecule has 0 bridgehead atoms. The van der Waals surface area contributed by atoms with E-state index in [1.807, 2.05) is 6.26 Å². The number of methoxy groups -OCH3 is 2. The van der Waals surface area contributed by atoms with Crippen LogP contribution in [0.4, 0.5) is 0 Å². The Bertz CT molecular complexity index is 142. The number of rotatable bonds is 4. The van der Waals surface area contributed by atoms with Crippen molar-refractivity contribution >= 4 is 40.9 Å². The Morgan fingerprint density at radius 3 is 2.31 bits per heavy atom. The lowest BCUT2D eigenvalue weighted by Gasteiger charge is -2.14. The number of aliphatic imine (C=N–C) groups is 1. The maximum atomic E-state index is 4.99. The highest BCUT2D eigenvalue weighted by Gasteiger charge is 2.04. The zero-order valence-corrected chi connectivity index (χ0v) is 11.5. The van der Waals surface area contributed by atoms with Crippen LogP contribution in [0.3, 0.4) is 0 Å². The SMILES string of the molecule is CN=C(NCC(OC)OC)SC.I. The van der Waals surface area contributed by atoms with Gasteiger partial charge >= 0.3 is 0 Å². The summed E-state index contributed by atoms with van der Waals surface area (Å²) >= 11 is 1.56. The second kappa shape index (κ2) is 10.6. The van der Waals surface area contributed by atoms with Crippen molar-refractivity contribution < 1.29 is 9.47 Å². The molecule has 0 unspecified atom stereocenters. The molecule has 0 aromatic carbocycles. The molecule has 0 aromatic heterocycles. The quantitative estimate of drug-likeness (QED) is 0.365. The van der Waals surface area contributed by atoms with Crippen LogP contribution in [-0.2, 0) is 9.47 Å². The van der Waals surface area contributed by atoms with Crippen LogP contribution in [0.2, 0.25) is 0 Å². The van der Waals surface area contributed by atoms with Gasteiger partial charge < -0.3 is 14.8 Å². The molecular weight excluding hydrogens is 303 g/mol. The first-order chi connectivity index (χ1) is 5.78. The molecular formula is C7H17IN2O2S. The molecule has 0 aromatic rings. The molecule has 80 valence electrons. The van der Waals surface area contributed by atoms with Crippen molar-refractivity contribution in [3.63, 3.8) is 0 Å². The van der Waals surface area contributed by atoms with Crippen LogP contribution >= 0.6 is 35.7 Å². The number of ether oxygens (including phenoxy) is 2. The molecule has 0 aliphatic carbocycles. The van der Waals surface area contributed by atoms with Crippen molar-refractivity contribution in [1.82, 2.24) is 5.32 Å². The highest BCUT2D eigenvalue weighted by molar-refractivity contribution is 14.0. The van der Waals surface area contributed by atoms with E-state index in [4.69, 9.17) is 9.47 Å². The van der Waals surface area contributed by atoms with Crippen molar-refractivity contribution in [3.8, 4) is 0 Å². The summed E-state index contributed by atoms with van der Waals surface area (Å²) in [7, 11) is 4.96. The normalized spacial score (nSPS) is 11.3. The summed E-state index contributed by atoms with van der Waals surface area (Å²) in [5.41, 5.74) is 0. The largest absolute Gasteiger partial charge is 0.360 e. The predicted molar refractivity (Wildman–Crippen MR) is 68.1 cm³/mol. The zero-order valence-electron chi connectivity index (χ0n) is 8.36. The molecule has 0 aliphatic rings. The van der Waals surface area contributed by atoms with Crippen LogP contribution in [-0.4, -0.2) is 45.5 Å². The Morgan fingerprint density at radius 1 is 1.46 bits per heavy atom. The third-order valence-electron chi connectivity index (χ3n) is 1.34. The van der Waals surface area contributed by atoms with Crippen molar-refractivity contribution in [3.05, 3.63) is 0 Å². The number of hydrogen-bond acceptors (Lipinski definition) is 4. The van der Waals surface area contributed by atoms with E-state index in [2.05, 4.69) is 10.3 Å². The minimum atomic E-state index is -0.214. The Hall–Kier alpha value is 0.470. The van der Waals surface area contributed by atoms with E-state index in [0.29, 0.717) is 6.54 Å². The third-order valence-corrected chi connectivity index (χ3v) is 2.06. The summed E-state index contributed by atoms with van der Waals surface area (Å²) in [6, 6.07) is 0. The summed E-state index contributed by atoms with van der Waals surface area (Å²) in [4.78, 5) is 4.00. The fourth-order valence-electron chi connectivity index (χ4n) is 0.676. The average Bonchev–Trinajstić information content (AvgIpc) is 2.13. The van der Waals surface area contributed by atoms with E-state index in [1.165, 1.54) is 0 Å². The van der Waals surface area contributed by atoms with Crippen LogP contribution in [0, 0.1) is 0 Å². The molecule has 0 amide bonds. The van der Waals surface area contributed by atoms with Crippen LogP contribution in [0.1, 0.15) is 0 Å². The lowest BCUT2D eigenvalue weighted by Crippen LogP contribution is -2.32. The number of halogens is 1. The highest BCUT2D eigenvalue weighted by Crippen LogP contribution is 1.95. The Kier molecular flexibility index (Phi) is 12.9. The number of nitrogens with zero attached hydrogens (tertiary/aromatic N) is 1. The zero-order chi connectivity index (χ0) is 9.40. The fraction of sp³-hybridized carbons (Fsp3) is 0.857. The lowest BCUT2D eigenvalue weighted by atomic mass is 10.6. The van der Waals surface area contributed by atoms with Crippen LogP contribution < -0.4 is 5.32 Å². The Labute approximate surface area is 101 Å². The summed E-state index contributed by atoms with van der Waals surface area (Å²) < 4.78 is 9.98. The highest BCUT2D eigenvalue weighted by atomic mass is 127. The summed E-state index contributed by atoms with van der Waals surface area (Å²) in [6.45, 7) is 0.612. The van der Waals surface area contributed by atoms with Crippen molar-refractivity contribution in [2.45, 2.75) is 6.29 Å². The van der Waals surface area contributed by atoms with Gasteiger partial charge in [0.1, 0.15) is 0 Å². The smallest absolute Gasteiger partial charge is 0.174 e. The Balaban J connectivity index is 0. The van der Waals surface area contributed by atoms with E-state index in [0.717, 1.165) is 5.17 Å². The van der Waals surface area contributed by atoms with Gasteiger partial charge in [0, 0.05) is 21.3 Å². The minimum Gasteiger partial charge on any atom is -0.360 e. The summed E-state index contributed by atoms with van der Waals surface area (Å²) in [6.07, 6.45) is 1.75. The molecule has 0 aliphatic heterocycles. The van der Waals surface area contributed by atoms with E-state index < -0.39 is 0 Å². The third kappa shape index (κ3) is 7.53. The molecule has 0 saturated heterocycles. The van der Waals surface area contributed by atoms with Crippen LogP contribution in [0.25, 0.3) is 0 Å². The van der Waals surface area contributed by atoms with E-state index in [-0.39, 0.29) is 30.3 Å². The van der Waals surface area contributed by atoms with Gasteiger partial charge in [-0.05, 0) is 6.26 Å². The standard InChI is InChI=1S/C7H16N2O2S.HI/c1-8-7(12-4)9-5-6(10-2)11-3;/h6H,5H2,1-4H3,(H,8,9);1H. The Morgan fingerprint density at radius 2 is 2.00 bits per heavy atom. The summed E-state index contributed by atoms with van der Waals surface area (Å²) in [5.74, 6) is 0. The van der Waals surface area contributed by atoms with Crippen LogP contribution in [0.15, 0.2) is 4.99 Å². The van der Waals surface area contributed by atoms with E-state index in [1.54, 1.807) is 33.0 Å². The molecule has 4 nitrogen and oxygen atoms in total. The van der Waals surface area contributed by atoms with Crippen molar-refractivity contribution in [2.75, 3.05) is 34.1 Å². The maximum absolute atomic E-state index is 4.99. The van der Waals surface area contributed by atoms with Gasteiger partial charge in [-0.3, -0.25) is 4.99 Å². The van der Waals surface area contributed by atoms with E-state index in [9.17, 15) is 0 Å². The van der Waals surface area contributed by atoms with Gasteiger partial charge in [0.25, 0.3) is 0 Å². The fourth-order valence-corrected chi connectivity index (χ4v) is 1.09. The van der Waals surface area contributed by atoms with Gasteiger partial charge in [-0.1, -0.05) is 11.8 Å². The topological polar surface area (TPSA) is 42.9 Å². The average molecular weight is 320 g/mol. The molecule has 1 N–H and O–H groups in total. The molecule has 0 heterocycles. The molecule has 0 spiro atoms. The lowest BCUT2D eigenvalue weighted by molar-refractivity contribution is -0.0964. The monoisotopic (exact) mass is 320 g/mol.